The van der Waals surface area contributed by atoms with Crippen LogP contribution in [0.3, 0.4) is 0 Å². The number of carbonyl (C=O) groups is 1. The highest BCUT2D eigenvalue weighted by Crippen LogP contribution is 2.28. The van der Waals surface area contributed by atoms with Crippen LogP contribution in [0.4, 0.5) is 18.9 Å². The van der Waals surface area contributed by atoms with Gasteiger partial charge in [0.2, 0.25) is 0 Å². The highest BCUT2D eigenvalue weighted by atomic mass is 19.4. The number of nitrogens with one attached hydrogen (secondary N) is 2. The van der Waals surface area contributed by atoms with E-state index >= 15 is 0 Å². The van der Waals surface area contributed by atoms with Crippen molar-refractivity contribution in [2.45, 2.75) is 45.1 Å². The van der Waals surface area contributed by atoms with Crippen molar-refractivity contribution in [3.63, 3.8) is 0 Å². The number of hydrogen-bond acceptors (Lipinski definition) is 5. The van der Waals surface area contributed by atoms with Crippen LogP contribution in [-0.4, -0.2) is 37.9 Å². The number of nitrogens with zero attached hydrogens (tertiary/aromatic N) is 4. The summed E-state index contributed by atoms with van der Waals surface area (Å²) in [7, 11) is 0. The molecule has 0 radical (unpaired) electrons. The number of carbonyl (C=O) groups excluding carboxylic acids is 1. The number of halogens is 3. The number of hydrogen-bond donors (Lipinski definition) is 2. The summed E-state index contributed by atoms with van der Waals surface area (Å²) in [4.78, 5) is 16.8. The van der Waals surface area contributed by atoms with Gasteiger partial charge in [0.05, 0.1) is 12.6 Å². The maximum Gasteiger partial charge on any atom is 0.406 e. The molecule has 0 saturated heterocycles. The van der Waals surface area contributed by atoms with Gasteiger partial charge in [-0.15, -0.1) is 16.6 Å². The molecular formula is C27H25F3N6O. The summed E-state index contributed by atoms with van der Waals surface area (Å²) in [6.45, 7) is 0.761. The van der Waals surface area contributed by atoms with E-state index < -0.39 is 12.7 Å². The van der Waals surface area contributed by atoms with E-state index in [4.69, 9.17) is 6.42 Å². The zero-order chi connectivity index (χ0) is 26.4. The minimum atomic E-state index is -4.46. The van der Waals surface area contributed by atoms with Crippen molar-refractivity contribution in [2.75, 3.05) is 5.32 Å². The van der Waals surface area contributed by atoms with E-state index in [1.165, 1.54) is 18.0 Å². The van der Waals surface area contributed by atoms with E-state index in [0.29, 0.717) is 16.8 Å². The predicted octanol–water partition coefficient (Wildman–Crippen LogP) is 4.91. The van der Waals surface area contributed by atoms with Crippen molar-refractivity contribution in [1.29, 1.82) is 0 Å². The second-order valence-corrected chi connectivity index (χ2v) is 8.61. The second-order valence-electron chi connectivity index (χ2n) is 8.61. The number of alkyl halides is 3. The van der Waals surface area contributed by atoms with Gasteiger partial charge in [-0.2, -0.15) is 13.2 Å². The van der Waals surface area contributed by atoms with E-state index in [2.05, 4.69) is 31.7 Å². The molecule has 0 fully saturated rings. The van der Waals surface area contributed by atoms with Crippen LogP contribution in [-0.2, 0) is 13.1 Å². The molecule has 2 heterocycles. The summed E-state index contributed by atoms with van der Waals surface area (Å²) in [5.41, 5.74) is 3.65. The number of terminal acetylenes is 1. The summed E-state index contributed by atoms with van der Waals surface area (Å²) in [6, 6.07) is 9.76. The lowest BCUT2D eigenvalue weighted by Gasteiger charge is -2.16. The van der Waals surface area contributed by atoms with Gasteiger partial charge < -0.3 is 15.2 Å². The first-order valence-electron chi connectivity index (χ1n) is 11.6. The Bertz CT molecular complexity index is 1370. The van der Waals surface area contributed by atoms with Crippen LogP contribution in [0.2, 0.25) is 0 Å². The number of amides is 1. The van der Waals surface area contributed by atoms with Crippen LogP contribution in [0.1, 0.15) is 35.9 Å². The predicted molar refractivity (Wildman–Crippen MR) is 134 cm³/mol. The van der Waals surface area contributed by atoms with Crippen molar-refractivity contribution < 1.29 is 18.0 Å². The van der Waals surface area contributed by atoms with Gasteiger partial charge >= 0.3 is 6.18 Å². The molecule has 37 heavy (non-hydrogen) atoms. The lowest BCUT2D eigenvalue weighted by atomic mass is 10.1. The van der Waals surface area contributed by atoms with E-state index in [1.807, 2.05) is 13.0 Å². The Hall–Kier alpha value is -4.39. The molecule has 1 aliphatic carbocycles. The maximum absolute atomic E-state index is 13.3. The summed E-state index contributed by atoms with van der Waals surface area (Å²) in [5.74, 6) is 2.42. The van der Waals surface area contributed by atoms with Gasteiger partial charge in [-0.25, -0.2) is 0 Å². The summed E-state index contributed by atoms with van der Waals surface area (Å²) in [6.07, 6.45) is 8.95. The monoisotopic (exact) mass is 506 g/mol. The normalized spacial score (nSPS) is 15.7. The van der Waals surface area contributed by atoms with Crippen LogP contribution in [0.5, 0.6) is 0 Å². The molecule has 1 amide bonds. The summed E-state index contributed by atoms with van der Waals surface area (Å²) < 4.78 is 41.0. The third-order valence-corrected chi connectivity index (χ3v) is 6.02. The fourth-order valence-corrected chi connectivity index (χ4v) is 4.22. The molecule has 0 spiro atoms. The lowest BCUT2D eigenvalue weighted by molar-refractivity contribution is -0.140. The quantitative estimate of drug-likeness (QED) is 0.424. The lowest BCUT2D eigenvalue weighted by Crippen LogP contribution is -2.34. The molecule has 7 nitrogen and oxygen atoms in total. The number of rotatable bonds is 8. The van der Waals surface area contributed by atoms with E-state index in [0.717, 1.165) is 23.0 Å². The number of aromatic nitrogens is 4. The number of pyridine rings is 1. The molecule has 3 aromatic rings. The highest BCUT2D eigenvalue weighted by Gasteiger charge is 2.31. The third-order valence-electron chi connectivity index (χ3n) is 6.02. The average Bonchev–Trinajstić information content (AvgIpc) is 3.43. The molecule has 10 heteroatoms. The largest absolute Gasteiger partial charge is 0.406 e. The minimum Gasteiger partial charge on any atom is -0.378 e. The Labute approximate surface area is 212 Å². The molecule has 1 unspecified atom stereocenters. The van der Waals surface area contributed by atoms with Crippen LogP contribution < -0.4 is 10.6 Å². The SMILES string of the molecule is C#C/C=C\C1=C(C)CCC1NC(=O)c1cccc(NCc2nnc(-c3ccncc3)n2CC(F)(F)F)c1. The Balaban J connectivity index is 1.48. The number of benzene rings is 1. The van der Waals surface area contributed by atoms with Crippen molar-refractivity contribution in [2.24, 2.45) is 0 Å². The molecule has 1 aliphatic rings. The van der Waals surface area contributed by atoms with Gasteiger partial charge in [0, 0.05) is 29.2 Å². The van der Waals surface area contributed by atoms with Gasteiger partial charge in [-0.3, -0.25) is 9.78 Å². The summed E-state index contributed by atoms with van der Waals surface area (Å²) in [5, 5.41) is 14.1. The molecule has 0 bridgehead atoms. The topological polar surface area (TPSA) is 84.7 Å². The van der Waals surface area contributed by atoms with Gasteiger partial charge in [0.1, 0.15) is 6.54 Å². The Kier molecular flexibility index (Phi) is 7.72. The van der Waals surface area contributed by atoms with Crippen molar-refractivity contribution in [1.82, 2.24) is 25.1 Å². The molecular weight excluding hydrogens is 481 g/mol. The first kappa shape index (κ1) is 25.7. The number of anilines is 1. The minimum absolute atomic E-state index is 0.0230. The zero-order valence-electron chi connectivity index (χ0n) is 20.1. The maximum atomic E-state index is 13.3. The summed E-state index contributed by atoms with van der Waals surface area (Å²) >= 11 is 0. The van der Waals surface area contributed by atoms with Crippen molar-refractivity contribution >= 4 is 11.6 Å². The molecule has 4 rings (SSSR count). The van der Waals surface area contributed by atoms with Crippen LogP contribution >= 0.6 is 0 Å². The first-order chi connectivity index (χ1) is 17.7. The molecule has 2 N–H and O–H groups in total. The second kappa shape index (κ2) is 11.1. The van der Waals surface area contributed by atoms with Gasteiger partial charge in [0.25, 0.3) is 5.91 Å². The third kappa shape index (κ3) is 6.44. The van der Waals surface area contributed by atoms with Gasteiger partial charge in [-0.05, 0) is 67.8 Å². The van der Waals surface area contributed by atoms with E-state index in [1.54, 1.807) is 42.5 Å². The molecule has 2 aromatic heterocycles. The van der Waals surface area contributed by atoms with Crippen LogP contribution in [0, 0.1) is 12.3 Å². The van der Waals surface area contributed by atoms with Crippen LogP contribution in [0.15, 0.2) is 72.1 Å². The fraction of sp³-hybridized carbons (Fsp3) is 0.259. The van der Waals surface area contributed by atoms with Gasteiger partial charge in [-0.1, -0.05) is 17.6 Å². The van der Waals surface area contributed by atoms with Crippen molar-refractivity contribution in [3.05, 3.63) is 83.5 Å². The highest BCUT2D eigenvalue weighted by molar-refractivity contribution is 5.95. The molecule has 190 valence electrons. The van der Waals surface area contributed by atoms with Crippen LogP contribution in [0.25, 0.3) is 11.4 Å². The smallest absolute Gasteiger partial charge is 0.378 e. The standard InChI is InChI=1S/C27H25F3N6O/c1-3-4-8-22-18(2)9-10-23(22)33-26(37)20-6-5-7-21(15-20)32-16-24-34-35-25(19-11-13-31-14-12-19)36(24)17-27(28,29)30/h1,4-8,11-15,23,32H,9-10,16-17H2,2H3,(H,33,37)/b8-4-. The molecule has 1 atom stereocenters. The average molecular weight is 507 g/mol. The molecule has 0 saturated carbocycles. The Morgan fingerprint density at radius 2 is 2.03 bits per heavy atom. The molecule has 1 aromatic carbocycles. The van der Waals surface area contributed by atoms with E-state index in [9.17, 15) is 18.0 Å². The fourth-order valence-electron chi connectivity index (χ4n) is 4.22. The Morgan fingerprint density at radius 3 is 2.76 bits per heavy atom. The zero-order valence-corrected chi connectivity index (χ0v) is 20.1. The Morgan fingerprint density at radius 1 is 1.24 bits per heavy atom. The van der Waals surface area contributed by atoms with Crippen molar-refractivity contribution in [3.8, 4) is 23.7 Å². The van der Waals surface area contributed by atoms with Gasteiger partial charge in [0.15, 0.2) is 11.6 Å². The van der Waals surface area contributed by atoms with E-state index in [-0.39, 0.29) is 30.1 Å². The molecule has 0 aliphatic heterocycles. The first-order valence-corrected chi connectivity index (χ1v) is 11.6. The number of allylic oxidation sites excluding steroid dienone is 2.